The van der Waals surface area contributed by atoms with Crippen molar-refractivity contribution in [2.75, 3.05) is 11.9 Å². The van der Waals surface area contributed by atoms with Gasteiger partial charge in [-0.25, -0.2) is 0 Å². The van der Waals surface area contributed by atoms with E-state index in [0.29, 0.717) is 17.5 Å². The number of nitrogens with zero attached hydrogens (tertiary/aromatic N) is 2. The number of thioether (sulfide) groups is 1. The summed E-state index contributed by atoms with van der Waals surface area (Å²) < 4.78 is 5.38. The molecule has 0 unspecified atom stereocenters. The number of hydrogen-bond donors (Lipinski definition) is 2. The van der Waals surface area contributed by atoms with Gasteiger partial charge in [0, 0.05) is 12.1 Å². The zero-order chi connectivity index (χ0) is 19.8. The van der Waals surface area contributed by atoms with Crippen LogP contribution < -0.4 is 15.4 Å². The fourth-order valence-corrected chi connectivity index (χ4v) is 3.39. The summed E-state index contributed by atoms with van der Waals surface area (Å²) in [6, 6.07) is 16.6. The predicted molar refractivity (Wildman–Crippen MR) is 112 cm³/mol. The summed E-state index contributed by atoms with van der Waals surface area (Å²) in [7, 11) is 0. The molecule has 0 spiro atoms. The molecule has 0 bridgehead atoms. The van der Waals surface area contributed by atoms with Crippen molar-refractivity contribution in [3.8, 4) is 5.75 Å². The molecule has 8 heteroatoms. The minimum Gasteiger partial charge on any atom is -0.494 e. The van der Waals surface area contributed by atoms with Gasteiger partial charge in [-0.2, -0.15) is 5.10 Å². The molecule has 2 N–H and O–H groups in total. The smallest absolute Gasteiger partial charge is 0.238 e. The Bertz CT molecular complexity index is 882. The number of nitrogens with one attached hydrogen (secondary N) is 2. The fraction of sp³-hybridized carbons (Fsp3) is 0.200. The van der Waals surface area contributed by atoms with Crippen molar-refractivity contribution in [1.82, 2.24) is 5.32 Å². The first-order valence-electron chi connectivity index (χ1n) is 8.80. The van der Waals surface area contributed by atoms with Gasteiger partial charge >= 0.3 is 0 Å². The molecule has 1 aliphatic heterocycles. The summed E-state index contributed by atoms with van der Waals surface area (Å²) in [5.41, 5.74) is 1.53. The van der Waals surface area contributed by atoms with Crippen LogP contribution in [0.2, 0.25) is 0 Å². The molecule has 2 aromatic rings. The molecule has 0 saturated carbocycles. The summed E-state index contributed by atoms with van der Waals surface area (Å²) in [5, 5.41) is 13.2. The Hall–Kier alpha value is -3.13. The maximum atomic E-state index is 12.5. The van der Waals surface area contributed by atoms with Gasteiger partial charge in [-0.3, -0.25) is 9.59 Å². The van der Waals surface area contributed by atoms with E-state index in [-0.39, 0.29) is 18.2 Å². The first kappa shape index (κ1) is 19.6. The Labute approximate surface area is 167 Å². The zero-order valence-corrected chi connectivity index (χ0v) is 16.1. The molecule has 1 atom stereocenters. The lowest BCUT2D eigenvalue weighted by Gasteiger charge is -2.21. The third-order valence-electron chi connectivity index (χ3n) is 3.75. The number of carbonyl (C=O) groups excluding carboxylic acids is 2. The molecule has 2 aromatic carbocycles. The molecular weight excluding hydrogens is 376 g/mol. The van der Waals surface area contributed by atoms with Crippen LogP contribution in [0.25, 0.3) is 0 Å². The average Bonchev–Trinajstić information content (AvgIpc) is 2.70. The van der Waals surface area contributed by atoms with Crippen LogP contribution in [0.1, 0.15) is 18.9 Å². The van der Waals surface area contributed by atoms with Gasteiger partial charge in [0.15, 0.2) is 5.17 Å². The van der Waals surface area contributed by atoms with Crippen molar-refractivity contribution < 1.29 is 14.3 Å². The molecule has 0 aliphatic carbocycles. The Morgan fingerprint density at radius 2 is 2.00 bits per heavy atom. The lowest BCUT2D eigenvalue weighted by Crippen LogP contribution is -2.41. The van der Waals surface area contributed by atoms with Gasteiger partial charge < -0.3 is 15.4 Å². The highest BCUT2D eigenvalue weighted by molar-refractivity contribution is 8.15. The summed E-state index contributed by atoms with van der Waals surface area (Å²) in [4.78, 5) is 24.5. The SMILES string of the molecule is CCOc1ccc(NC(=O)[C@H]2CC(=O)N/C(=N\N=C/c3ccccc3)S2)cc1. The highest BCUT2D eigenvalue weighted by atomic mass is 32.2. The number of amidine groups is 1. The van der Waals surface area contributed by atoms with Crippen LogP contribution in [0.5, 0.6) is 5.75 Å². The molecule has 1 heterocycles. The van der Waals surface area contributed by atoms with Crippen LogP contribution in [0.4, 0.5) is 5.69 Å². The standard InChI is InChI=1S/C20H20N4O3S/c1-2-27-16-10-8-15(9-11-16)22-19(26)17-12-18(25)23-20(28-17)24-21-13-14-6-4-3-5-7-14/h3-11,13,17H,2,12H2,1H3,(H,22,26)(H,23,24,25)/b21-13-/t17-/m1/s1. The third-order valence-corrected chi connectivity index (χ3v) is 4.82. The minimum atomic E-state index is -0.578. The van der Waals surface area contributed by atoms with Crippen molar-refractivity contribution in [3.63, 3.8) is 0 Å². The van der Waals surface area contributed by atoms with Crippen molar-refractivity contribution in [3.05, 3.63) is 60.2 Å². The van der Waals surface area contributed by atoms with E-state index in [1.807, 2.05) is 37.3 Å². The van der Waals surface area contributed by atoms with Gasteiger partial charge in [0.25, 0.3) is 0 Å². The number of anilines is 1. The van der Waals surface area contributed by atoms with Crippen molar-refractivity contribution >= 4 is 40.6 Å². The fourth-order valence-electron chi connectivity index (χ4n) is 2.45. The molecule has 0 aromatic heterocycles. The first-order valence-corrected chi connectivity index (χ1v) is 9.68. The maximum Gasteiger partial charge on any atom is 0.238 e. The second-order valence-electron chi connectivity index (χ2n) is 5.87. The van der Waals surface area contributed by atoms with Crippen LogP contribution in [0, 0.1) is 0 Å². The van der Waals surface area contributed by atoms with Crippen molar-refractivity contribution in [2.24, 2.45) is 10.2 Å². The zero-order valence-electron chi connectivity index (χ0n) is 15.3. The molecule has 1 saturated heterocycles. The van der Waals surface area contributed by atoms with E-state index in [0.717, 1.165) is 11.3 Å². The van der Waals surface area contributed by atoms with Crippen molar-refractivity contribution in [1.29, 1.82) is 0 Å². The van der Waals surface area contributed by atoms with E-state index in [9.17, 15) is 9.59 Å². The van der Waals surface area contributed by atoms with Gasteiger partial charge in [-0.05, 0) is 36.8 Å². The van der Waals surface area contributed by atoms with Gasteiger partial charge in [0.05, 0.1) is 12.8 Å². The molecule has 1 fully saturated rings. The van der Waals surface area contributed by atoms with E-state index < -0.39 is 5.25 Å². The second-order valence-corrected chi connectivity index (χ2v) is 7.06. The van der Waals surface area contributed by atoms with Crippen LogP contribution in [-0.2, 0) is 9.59 Å². The van der Waals surface area contributed by atoms with E-state index >= 15 is 0 Å². The molecule has 7 nitrogen and oxygen atoms in total. The number of amides is 2. The van der Waals surface area contributed by atoms with E-state index in [1.54, 1.807) is 30.5 Å². The van der Waals surface area contributed by atoms with Gasteiger partial charge in [0.1, 0.15) is 11.0 Å². The van der Waals surface area contributed by atoms with Gasteiger partial charge in [0.2, 0.25) is 11.8 Å². The quantitative estimate of drug-likeness (QED) is 0.580. The lowest BCUT2D eigenvalue weighted by atomic mass is 10.2. The molecular formula is C20H20N4O3S. The number of hydrogen-bond acceptors (Lipinski definition) is 6. The number of ether oxygens (including phenoxy) is 1. The number of carbonyl (C=O) groups is 2. The van der Waals surface area contributed by atoms with Crippen LogP contribution in [-0.4, -0.2) is 35.1 Å². The highest BCUT2D eigenvalue weighted by Gasteiger charge is 2.30. The maximum absolute atomic E-state index is 12.5. The highest BCUT2D eigenvalue weighted by Crippen LogP contribution is 2.23. The molecule has 2 amide bonds. The summed E-state index contributed by atoms with van der Waals surface area (Å²) in [6.07, 6.45) is 1.66. The Balaban J connectivity index is 1.61. The summed E-state index contributed by atoms with van der Waals surface area (Å²) in [5.74, 6) is 0.209. The van der Waals surface area contributed by atoms with Crippen LogP contribution >= 0.6 is 11.8 Å². The van der Waals surface area contributed by atoms with E-state index in [4.69, 9.17) is 4.74 Å². The third kappa shape index (κ3) is 5.68. The van der Waals surface area contributed by atoms with Gasteiger partial charge in [-0.15, -0.1) is 5.10 Å². The van der Waals surface area contributed by atoms with Crippen molar-refractivity contribution in [2.45, 2.75) is 18.6 Å². The predicted octanol–water partition coefficient (Wildman–Crippen LogP) is 3.04. The topological polar surface area (TPSA) is 92.1 Å². The van der Waals surface area contributed by atoms with Gasteiger partial charge in [-0.1, -0.05) is 42.1 Å². The average molecular weight is 396 g/mol. The second kappa shape index (κ2) is 9.70. The molecule has 144 valence electrons. The van der Waals surface area contributed by atoms with Crippen LogP contribution in [0.3, 0.4) is 0 Å². The molecule has 0 radical (unpaired) electrons. The normalized spacial score (nSPS) is 18.1. The Morgan fingerprint density at radius 3 is 2.71 bits per heavy atom. The largest absolute Gasteiger partial charge is 0.494 e. The molecule has 28 heavy (non-hydrogen) atoms. The molecule has 3 rings (SSSR count). The Kier molecular flexibility index (Phi) is 6.80. The lowest BCUT2D eigenvalue weighted by molar-refractivity contribution is -0.123. The summed E-state index contributed by atoms with van der Waals surface area (Å²) in [6.45, 7) is 2.48. The minimum absolute atomic E-state index is 0.0783. The Morgan fingerprint density at radius 1 is 1.25 bits per heavy atom. The number of rotatable bonds is 6. The summed E-state index contributed by atoms with van der Waals surface area (Å²) >= 11 is 1.18. The van der Waals surface area contributed by atoms with E-state index in [2.05, 4.69) is 20.8 Å². The number of benzene rings is 2. The first-order chi connectivity index (χ1) is 13.6. The van der Waals surface area contributed by atoms with E-state index in [1.165, 1.54) is 11.8 Å². The monoisotopic (exact) mass is 396 g/mol. The molecule has 1 aliphatic rings. The van der Waals surface area contributed by atoms with Crippen LogP contribution in [0.15, 0.2) is 64.8 Å².